The van der Waals surface area contributed by atoms with Gasteiger partial charge in [-0.15, -0.1) is 0 Å². The number of anilines is 1. The molecule has 8 heteroatoms. The van der Waals surface area contributed by atoms with Crippen molar-refractivity contribution in [3.8, 4) is 0 Å². The highest BCUT2D eigenvalue weighted by molar-refractivity contribution is 14.1. The van der Waals surface area contributed by atoms with Gasteiger partial charge < -0.3 is 20.2 Å². The fraction of sp³-hybridized carbons (Fsp3) is 0.300. The Labute approximate surface area is 182 Å². The third-order valence-electron chi connectivity index (χ3n) is 4.80. The van der Waals surface area contributed by atoms with Crippen LogP contribution in [0.4, 0.5) is 5.69 Å². The summed E-state index contributed by atoms with van der Waals surface area (Å²) in [5.74, 6) is -0.450. The summed E-state index contributed by atoms with van der Waals surface area (Å²) >= 11 is 8.27. The summed E-state index contributed by atoms with van der Waals surface area (Å²) in [7, 11) is 0. The van der Waals surface area contributed by atoms with Crippen molar-refractivity contribution in [1.82, 2.24) is 4.90 Å². The SMILES string of the molecule is O=C(Nc1ccc(I)cc1C(=O)N1CC[NH+](CCO)CC1)c1ccccc1Cl. The molecule has 2 aromatic rings. The van der Waals surface area contributed by atoms with E-state index >= 15 is 0 Å². The van der Waals surface area contributed by atoms with E-state index in [1.165, 1.54) is 4.90 Å². The van der Waals surface area contributed by atoms with Gasteiger partial charge in [-0.1, -0.05) is 23.7 Å². The number of piperazine rings is 1. The molecule has 0 unspecified atom stereocenters. The Morgan fingerprint density at radius 2 is 1.86 bits per heavy atom. The number of aliphatic hydroxyl groups excluding tert-OH is 1. The van der Waals surface area contributed by atoms with Gasteiger partial charge in [-0.2, -0.15) is 0 Å². The van der Waals surface area contributed by atoms with Crippen molar-refractivity contribution in [1.29, 1.82) is 0 Å². The second-order valence-electron chi connectivity index (χ2n) is 6.64. The Kier molecular flexibility index (Phi) is 7.28. The molecule has 1 fully saturated rings. The molecule has 3 rings (SSSR count). The largest absolute Gasteiger partial charge is 0.391 e. The maximum absolute atomic E-state index is 13.1. The van der Waals surface area contributed by atoms with Crippen LogP contribution in [0.2, 0.25) is 5.02 Å². The van der Waals surface area contributed by atoms with Crippen LogP contribution in [-0.2, 0) is 0 Å². The molecule has 148 valence electrons. The first-order valence-electron chi connectivity index (χ1n) is 9.08. The van der Waals surface area contributed by atoms with Crippen molar-refractivity contribution in [2.75, 3.05) is 44.6 Å². The first kappa shape index (κ1) is 21.0. The number of amides is 2. The lowest BCUT2D eigenvalue weighted by atomic mass is 10.1. The summed E-state index contributed by atoms with van der Waals surface area (Å²) in [6, 6.07) is 12.2. The fourth-order valence-corrected chi connectivity index (χ4v) is 3.95. The summed E-state index contributed by atoms with van der Waals surface area (Å²) in [6.07, 6.45) is 0. The Bertz CT molecular complexity index is 870. The van der Waals surface area contributed by atoms with E-state index in [1.54, 1.807) is 41.3 Å². The van der Waals surface area contributed by atoms with Crippen LogP contribution in [-0.4, -0.2) is 61.2 Å². The number of halogens is 2. The predicted octanol–water partition coefficient (Wildman–Crippen LogP) is 1.53. The van der Waals surface area contributed by atoms with Crippen molar-refractivity contribution < 1.29 is 19.6 Å². The van der Waals surface area contributed by atoms with E-state index in [0.29, 0.717) is 41.5 Å². The minimum Gasteiger partial charge on any atom is -0.391 e. The minimum atomic E-state index is -0.349. The Balaban J connectivity index is 1.78. The van der Waals surface area contributed by atoms with E-state index in [1.807, 2.05) is 6.07 Å². The number of benzene rings is 2. The number of rotatable bonds is 5. The first-order valence-corrected chi connectivity index (χ1v) is 10.5. The molecule has 0 aromatic heterocycles. The number of carbonyl (C=O) groups excluding carboxylic acids is 2. The molecule has 1 heterocycles. The van der Waals surface area contributed by atoms with Gasteiger partial charge in [0, 0.05) is 3.57 Å². The summed E-state index contributed by atoms with van der Waals surface area (Å²) in [5, 5.41) is 12.3. The number of hydrogen-bond donors (Lipinski definition) is 3. The van der Waals surface area contributed by atoms with Crippen LogP contribution in [0.3, 0.4) is 0 Å². The Morgan fingerprint density at radius 1 is 1.14 bits per heavy atom. The number of carbonyl (C=O) groups is 2. The van der Waals surface area contributed by atoms with Gasteiger partial charge in [0.05, 0.1) is 54.6 Å². The smallest absolute Gasteiger partial charge is 0.257 e. The van der Waals surface area contributed by atoms with E-state index in [0.717, 1.165) is 16.7 Å². The molecule has 0 bridgehead atoms. The highest BCUT2D eigenvalue weighted by Gasteiger charge is 2.26. The standard InChI is InChI=1S/C20H21ClIN3O3/c21-17-4-2-1-3-15(17)19(27)23-18-6-5-14(22)13-16(18)20(28)25-9-7-24(8-10-25)11-12-26/h1-6,13,26H,7-12H2,(H,23,27)/p+1. The van der Waals surface area contributed by atoms with Crippen LogP contribution in [0.1, 0.15) is 20.7 Å². The molecule has 1 aliphatic rings. The summed E-state index contributed by atoms with van der Waals surface area (Å²) in [4.78, 5) is 28.8. The Morgan fingerprint density at radius 3 is 2.54 bits per heavy atom. The van der Waals surface area contributed by atoms with E-state index < -0.39 is 0 Å². The van der Waals surface area contributed by atoms with Crippen LogP contribution < -0.4 is 10.2 Å². The second kappa shape index (κ2) is 9.69. The molecule has 1 aliphatic heterocycles. The van der Waals surface area contributed by atoms with Crippen LogP contribution in [0, 0.1) is 3.57 Å². The highest BCUT2D eigenvalue weighted by Crippen LogP contribution is 2.23. The first-order chi connectivity index (χ1) is 13.5. The van der Waals surface area contributed by atoms with Crippen molar-refractivity contribution in [3.05, 3.63) is 62.2 Å². The van der Waals surface area contributed by atoms with Gasteiger partial charge in [-0.25, -0.2) is 0 Å². The average molecular weight is 515 g/mol. The van der Waals surface area contributed by atoms with Crippen molar-refractivity contribution in [2.24, 2.45) is 0 Å². The molecule has 1 saturated heterocycles. The van der Waals surface area contributed by atoms with Crippen molar-refractivity contribution in [2.45, 2.75) is 0 Å². The van der Waals surface area contributed by atoms with Gasteiger partial charge in [-0.05, 0) is 52.9 Å². The normalized spacial score (nSPS) is 14.8. The molecule has 0 radical (unpaired) electrons. The van der Waals surface area contributed by atoms with Gasteiger partial charge >= 0.3 is 0 Å². The number of hydrogen-bond acceptors (Lipinski definition) is 3. The molecule has 6 nitrogen and oxygen atoms in total. The van der Waals surface area contributed by atoms with Gasteiger partial charge in [0.25, 0.3) is 11.8 Å². The van der Waals surface area contributed by atoms with Gasteiger partial charge in [0.1, 0.15) is 6.54 Å². The zero-order valence-electron chi connectivity index (χ0n) is 15.3. The molecule has 0 atom stereocenters. The Hall–Kier alpha value is -1.68. The van der Waals surface area contributed by atoms with Crippen LogP contribution >= 0.6 is 34.2 Å². The van der Waals surface area contributed by atoms with Gasteiger partial charge in [0.15, 0.2) is 0 Å². The molecular formula is C20H22ClIN3O3+. The lowest BCUT2D eigenvalue weighted by molar-refractivity contribution is -0.904. The van der Waals surface area contributed by atoms with E-state index in [9.17, 15) is 9.59 Å². The molecule has 0 saturated carbocycles. The lowest BCUT2D eigenvalue weighted by Crippen LogP contribution is -3.15. The topological polar surface area (TPSA) is 74.1 Å². The fourth-order valence-electron chi connectivity index (χ4n) is 3.24. The van der Waals surface area contributed by atoms with Gasteiger partial charge in [0.2, 0.25) is 0 Å². The van der Waals surface area contributed by atoms with E-state index in [-0.39, 0.29) is 18.4 Å². The molecule has 28 heavy (non-hydrogen) atoms. The third-order valence-corrected chi connectivity index (χ3v) is 5.80. The lowest BCUT2D eigenvalue weighted by Gasteiger charge is -2.32. The molecular weight excluding hydrogens is 493 g/mol. The molecule has 2 amide bonds. The van der Waals surface area contributed by atoms with Crippen molar-refractivity contribution in [3.63, 3.8) is 0 Å². The zero-order valence-corrected chi connectivity index (χ0v) is 18.2. The van der Waals surface area contributed by atoms with Crippen LogP contribution in [0.15, 0.2) is 42.5 Å². The monoisotopic (exact) mass is 514 g/mol. The second-order valence-corrected chi connectivity index (χ2v) is 8.29. The average Bonchev–Trinajstić information content (AvgIpc) is 2.70. The number of quaternary nitrogens is 1. The quantitative estimate of drug-likeness (QED) is 0.530. The minimum absolute atomic E-state index is 0.101. The van der Waals surface area contributed by atoms with E-state index in [4.69, 9.17) is 16.7 Å². The predicted molar refractivity (Wildman–Crippen MR) is 117 cm³/mol. The van der Waals surface area contributed by atoms with Crippen LogP contribution in [0.5, 0.6) is 0 Å². The summed E-state index contributed by atoms with van der Waals surface area (Å²) in [6.45, 7) is 3.70. The van der Waals surface area contributed by atoms with E-state index in [2.05, 4.69) is 27.9 Å². The molecule has 0 spiro atoms. The van der Waals surface area contributed by atoms with Gasteiger partial charge in [-0.3, -0.25) is 9.59 Å². The van der Waals surface area contributed by atoms with Crippen molar-refractivity contribution >= 4 is 51.7 Å². The summed E-state index contributed by atoms with van der Waals surface area (Å²) < 4.78 is 0.918. The zero-order chi connectivity index (χ0) is 20.1. The maximum atomic E-state index is 13.1. The summed E-state index contributed by atoms with van der Waals surface area (Å²) in [5.41, 5.74) is 1.31. The molecule has 2 aromatic carbocycles. The molecule has 0 aliphatic carbocycles. The number of nitrogens with zero attached hydrogens (tertiary/aromatic N) is 1. The van der Waals surface area contributed by atoms with Crippen LogP contribution in [0.25, 0.3) is 0 Å². The number of nitrogens with one attached hydrogen (secondary N) is 2. The number of aliphatic hydroxyl groups is 1. The molecule has 3 N–H and O–H groups in total. The maximum Gasteiger partial charge on any atom is 0.257 e. The highest BCUT2D eigenvalue weighted by atomic mass is 127. The third kappa shape index (κ3) is 5.02.